The standard InChI is InChI=1S/C22H24N2O3S/c1-14-3-8-21(27)19(9-14)20-10-16(15-4-6-18(28-2)7-5-15)11-22(24-20)23-12-17(26)13-25/h3-11,17,25-27H,12-13H2,1-2H3,(H,23,24). The molecular weight excluding hydrogens is 372 g/mol. The molecule has 2 aromatic carbocycles. The lowest BCUT2D eigenvalue weighted by atomic mass is 10.0. The summed E-state index contributed by atoms with van der Waals surface area (Å²) in [6, 6.07) is 17.5. The summed E-state index contributed by atoms with van der Waals surface area (Å²) in [5.41, 5.74) is 4.27. The number of phenolic OH excluding ortho intramolecular Hbond substituents is 1. The number of pyridine rings is 1. The average Bonchev–Trinajstić information content (AvgIpc) is 2.73. The number of aromatic hydroxyl groups is 1. The molecule has 5 nitrogen and oxygen atoms in total. The number of rotatable bonds is 7. The van der Waals surface area contributed by atoms with E-state index in [2.05, 4.69) is 22.4 Å². The van der Waals surface area contributed by atoms with E-state index in [1.54, 1.807) is 17.8 Å². The van der Waals surface area contributed by atoms with E-state index in [4.69, 9.17) is 5.11 Å². The van der Waals surface area contributed by atoms with Gasteiger partial charge in [-0.25, -0.2) is 4.98 Å². The Kier molecular flexibility index (Phi) is 6.57. The largest absolute Gasteiger partial charge is 0.507 e. The number of phenols is 1. The fraction of sp³-hybridized carbons (Fsp3) is 0.227. The van der Waals surface area contributed by atoms with Gasteiger partial charge in [0, 0.05) is 17.0 Å². The van der Waals surface area contributed by atoms with Crippen LogP contribution in [-0.2, 0) is 0 Å². The fourth-order valence-electron chi connectivity index (χ4n) is 2.85. The number of benzene rings is 2. The van der Waals surface area contributed by atoms with E-state index < -0.39 is 6.10 Å². The lowest BCUT2D eigenvalue weighted by Crippen LogP contribution is -2.23. The average molecular weight is 397 g/mol. The first-order valence-corrected chi connectivity index (χ1v) is 10.2. The Labute approximate surface area is 169 Å². The van der Waals surface area contributed by atoms with Crippen LogP contribution >= 0.6 is 11.8 Å². The number of aromatic nitrogens is 1. The van der Waals surface area contributed by atoms with E-state index in [-0.39, 0.29) is 18.9 Å². The summed E-state index contributed by atoms with van der Waals surface area (Å²) in [7, 11) is 0. The number of aryl methyl sites for hydroxylation is 1. The van der Waals surface area contributed by atoms with Gasteiger partial charge in [-0.2, -0.15) is 0 Å². The smallest absolute Gasteiger partial charge is 0.127 e. The van der Waals surface area contributed by atoms with Gasteiger partial charge >= 0.3 is 0 Å². The Balaban J connectivity index is 2.06. The van der Waals surface area contributed by atoms with Gasteiger partial charge in [0.15, 0.2) is 0 Å². The maximum Gasteiger partial charge on any atom is 0.127 e. The van der Waals surface area contributed by atoms with Crippen LogP contribution < -0.4 is 5.32 Å². The Hall–Kier alpha value is -2.54. The molecule has 0 amide bonds. The molecule has 4 N–H and O–H groups in total. The molecule has 0 radical (unpaired) electrons. The summed E-state index contributed by atoms with van der Waals surface area (Å²) in [6.07, 6.45) is 1.16. The molecule has 1 aromatic heterocycles. The molecule has 1 atom stereocenters. The molecule has 0 aliphatic carbocycles. The number of anilines is 1. The van der Waals surface area contributed by atoms with Gasteiger partial charge in [-0.3, -0.25) is 0 Å². The second kappa shape index (κ2) is 9.10. The molecule has 3 rings (SSSR count). The van der Waals surface area contributed by atoms with Crippen LogP contribution in [0.2, 0.25) is 0 Å². The third-order valence-corrected chi connectivity index (χ3v) is 5.15. The zero-order valence-corrected chi connectivity index (χ0v) is 16.7. The molecule has 0 saturated carbocycles. The normalized spacial score (nSPS) is 12.0. The number of hydrogen-bond acceptors (Lipinski definition) is 6. The predicted molar refractivity (Wildman–Crippen MR) is 115 cm³/mol. The summed E-state index contributed by atoms with van der Waals surface area (Å²) in [5.74, 6) is 0.726. The van der Waals surface area contributed by atoms with Gasteiger partial charge in [0.1, 0.15) is 11.6 Å². The van der Waals surface area contributed by atoms with Crippen LogP contribution in [0.15, 0.2) is 59.5 Å². The van der Waals surface area contributed by atoms with E-state index in [9.17, 15) is 10.2 Å². The monoisotopic (exact) mass is 396 g/mol. The van der Waals surface area contributed by atoms with Crippen molar-refractivity contribution < 1.29 is 15.3 Å². The molecule has 1 heterocycles. The molecule has 0 spiro atoms. The highest BCUT2D eigenvalue weighted by Crippen LogP contribution is 2.33. The van der Waals surface area contributed by atoms with Crippen molar-refractivity contribution in [2.24, 2.45) is 0 Å². The number of nitrogens with one attached hydrogen (secondary N) is 1. The van der Waals surface area contributed by atoms with Gasteiger partial charge < -0.3 is 20.6 Å². The van der Waals surface area contributed by atoms with Gasteiger partial charge in [-0.1, -0.05) is 23.8 Å². The van der Waals surface area contributed by atoms with Crippen LogP contribution in [0.5, 0.6) is 5.75 Å². The maximum atomic E-state index is 10.3. The summed E-state index contributed by atoms with van der Waals surface area (Å²) in [5, 5.41) is 32.1. The molecule has 0 saturated heterocycles. The highest BCUT2D eigenvalue weighted by Gasteiger charge is 2.12. The molecule has 1 unspecified atom stereocenters. The highest BCUT2D eigenvalue weighted by atomic mass is 32.2. The lowest BCUT2D eigenvalue weighted by Gasteiger charge is -2.14. The summed E-state index contributed by atoms with van der Waals surface area (Å²) < 4.78 is 0. The van der Waals surface area contributed by atoms with Crippen molar-refractivity contribution in [3.05, 3.63) is 60.2 Å². The molecule has 3 aromatic rings. The summed E-state index contributed by atoms with van der Waals surface area (Å²) in [4.78, 5) is 5.78. The molecule has 0 bridgehead atoms. The van der Waals surface area contributed by atoms with Gasteiger partial charge in [-0.05, 0) is 60.7 Å². The van der Waals surface area contributed by atoms with Crippen LogP contribution in [0.25, 0.3) is 22.4 Å². The topological polar surface area (TPSA) is 85.6 Å². The highest BCUT2D eigenvalue weighted by molar-refractivity contribution is 7.98. The first kappa shape index (κ1) is 20.2. The van der Waals surface area contributed by atoms with Crippen LogP contribution in [0.1, 0.15) is 5.56 Å². The molecule has 0 aliphatic rings. The minimum absolute atomic E-state index is 0.161. The van der Waals surface area contributed by atoms with Crippen molar-refractivity contribution in [1.29, 1.82) is 0 Å². The van der Waals surface area contributed by atoms with E-state index in [0.29, 0.717) is 17.1 Å². The van der Waals surface area contributed by atoms with Crippen LogP contribution in [0, 0.1) is 6.92 Å². The van der Waals surface area contributed by atoms with Gasteiger partial charge in [-0.15, -0.1) is 11.8 Å². The van der Waals surface area contributed by atoms with E-state index in [1.807, 2.05) is 49.6 Å². The van der Waals surface area contributed by atoms with Crippen LogP contribution in [0.3, 0.4) is 0 Å². The minimum Gasteiger partial charge on any atom is -0.507 e. The van der Waals surface area contributed by atoms with Crippen molar-refractivity contribution in [3.63, 3.8) is 0 Å². The number of nitrogens with zero attached hydrogens (tertiary/aromatic N) is 1. The Bertz CT molecular complexity index is 945. The van der Waals surface area contributed by atoms with Gasteiger partial charge in [0.25, 0.3) is 0 Å². The van der Waals surface area contributed by atoms with E-state index in [0.717, 1.165) is 16.7 Å². The van der Waals surface area contributed by atoms with Crippen molar-refractivity contribution >= 4 is 17.6 Å². The number of hydrogen-bond donors (Lipinski definition) is 4. The van der Waals surface area contributed by atoms with Crippen molar-refractivity contribution in [3.8, 4) is 28.1 Å². The number of aliphatic hydroxyl groups excluding tert-OH is 2. The van der Waals surface area contributed by atoms with Crippen molar-refractivity contribution in [1.82, 2.24) is 4.98 Å². The lowest BCUT2D eigenvalue weighted by molar-refractivity contribution is 0.105. The van der Waals surface area contributed by atoms with Gasteiger partial charge in [0.05, 0.1) is 18.4 Å². The Morgan fingerprint density at radius 1 is 1.04 bits per heavy atom. The predicted octanol–water partition coefficient (Wildman–Crippen LogP) is 3.92. The Morgan fingerprint density at radius 3 is 2.46 bits per heavy atom. The van der Waals surface area contributed by atoms with E-state index in [1.165, 1.54) is 4.90 Å². The summed E-state index contributed by atoms with van der Waals surface area (Å²) in [6.45, 7) is 1.82. The fourth-order valence-corrected chi connectivity index (χ4v) is 3.26. The number of aliphatic hydroxyl groups is 2. The SMILES string of the molecule is CSc1ccc(-c2cc(NCC(O)CO)nc(-c3cc(C)ccc3O)c2)cc1. The zero-order valence-electron chi connectivity index (χ0n) is 15.9. The second-order valence-corrected chi connectivity index (χ2v) is 7.47. The molecule has 0 aliphatic heterocycles. The first-order valence-electron chi connectivity index (χ1n) is 8.99. The van der Waals surface area contributed by atoms with Crippen molar-refractivity contribution in [2.45, 2.75) is 17.9 Å². The third kappa shape index (κ3) is 4.84. The molecular formula is C22H24N2O3S. The minimum atomic E-state index is -0.873. The zero-order chi connectivity index (χ0) is 20.1. The molecule has 28 heavy (non-hydrogen) atoms. The van der Waals surface area contributed by atoms with Crippen LogP contribution in [0.4, 0.5) is 5.82 Å². The molecule has 6 heteroatoms. The van der Waals surface area contributed by atoms with Crippen molar-refractivity contribution in [2.75, 3.05) is 24.7 Å². The first-order chi connectivity index (χ1) is 13.5. The third-order valence-electron chi connectivity index (χ3n) is 4.41. The van der Waals surface area contributed by atoms with Gasteiger partial charge in [0.2, 0.25) is 0 Å². The Morgan fingerprint density at radius 2 is 1.79 bits per heavy atom. The van der Waals surface area contributed by atoms with Crippen LogP contribution in [-0.4, -0.2) is 45.8 Å². The quantitative estimate of drug-likeness (QED) is 0.453. The summed E-state index contributed by atoms with van der Waals surface area (Å²) >= 11 is 1.68. The maximum absolute atomic E-state index is 10.3. The molecule has 146 valence electrons. The second-order valence-electron chi connectivity index (χ2n) is 6.59. The van der Waals surface area contributed by atoms with E-state index >= 15 is 0 Å². The number of thioether (sulfide) groups is 1. The molecule has 0 fully saturated rings.